The zero-order valence-electron chi connectivity index (χ0n) is 15.6. The summed E-state index contributed by atoms with van der Waals surface area (Å²) >= 11 is 0. The Morgan fingerprint density at radius 3 is 2.17 bits per heavy atom. The minimum Gasteiger partial charge on any atom is -0.444 e. The van der Waals surface area contributed by atoms with Gasteiger partial charge in [-0.25, -0.2) is 9.79 Å². The van der Waals surface area contributed by atoms with Gasteiger partial charge in [0.15, 0.2) is 5.96 Å². The van der Waals surface area contributed by atoms with Crippen LogP contribution in [0.5, 0.6) is 0 Å². The van der Waals surface area contributed by atoms with Gasteiger partial charge in [0.05, 0.1) is 0 Å². The van der Waals surface area contributed by atoms with Crippen LogP contribution >= 0.6 is 24.0 Å². The molecule has 0 aromatic rings. The molecular formula is C15H32IN5O3. The van der Waals surface area contributed by atoms with Crippen molar-refractivity contribution >= 4 is 41.9 Å². The second-order valence-corrected chi connectivity index (χ2v) is 6.19. The zero-order chi connectivity index (χ0) is 17.9. The van der Waals surface area contributed by atoms with E-state index in [-0.39, 0.29) is 36.4 Å². The van der Waals surface area contributed by atoms with Crippen LogP contribution in [0, 0.1) is 0 Å². The Labute approximate surface area is 162 Å². The van der Waals surface area contributed by atoms with Crippen molar-refractivity contribution in [1.29, 1.82) is 0 Å². The van der Waals surface area contributed by atoms with E-state index >= 15 is 0 Å². The summed E-state index contributed by atoms with van der Waals surface area (Å²) in [4.78, 5) is 28.7. The quantitative estimate of drug-likeness (QED) is 0.231. The molecule has 0 saturated carbocycles. The molecule has 3 N–H and O–H groups in total. The molecule has 0 aliphatic heterocycles. The second-order valence-electron chi connectivity index (χ2n) is 6.19. The Hall–Kier alpha value is -1.26. The van der Waals surface area contributed by atoms with Crippen molar-refractivity contribution in [2.75, 3.05) is 40.3 Å². The first kappa shape index (κ1) is 25.0. The van der Waals surface area contributed by atoms with E-state index in [2.05, 4.69) is 20.9 Å². The summed E-state index contributed by atoms with van der Waals surface area (Å²) in [7, 11) is 3.39. The van der Waals surface area contributed by atoms with Crippen LogP contribution < -0.4 is 16.0 Å². The fourth-order valence-corrected chi connectivity index (χ4v) is 1.43. The highest BCUT2D eigenvalue weighted by molar-refractivity contribution is 14.0. The molecule has 8 nitrogen and oxygen atoms in total. The molecule has 0 fully saturated rings. The van der Waals surface area contributed by atoms with E-state index in [9.17, 15) is 9.59 Å². The molecule has 0 saturated heterocycles. The van der Waals surface area contributed by atoms with Gasteiger partial charge in [0.2, 0.25) is 5.91 Å². The van der Waals surface area contributed by atoms with Crippen LogP contribution in [0.15, 0.2) is 4.99 Å². The van der Waals surface area contributed by atoms with E-state index in [1.807, 2.05) is 27.7 Å². The van der Waals surface area contributed by atoms with Gasteiger partial charge in [-0.05, 0) is 34.1 Å². The smallest absolute Gasteiger partial charge is 0.407 e. The lowest BCUT2D eigenvalue weighted by Gasteiger charge is -2.19. The first-order chi connectivity index (χ1) is 10.7. The fraction of sp³-hybridized carbons (Fsp3) is 0.800. The highest BCUT2D eigenvalue weighted by Gasteiger charge is 2.15. The van der Waals surface area contributed by atoms with Crippen LogP contribution in [-0.4, -0.2) is 68.7 Å². The summed E-state index contributed by atoms with van der Waals surface area (Å²) in [5.41, 5.74) is -0.494. The predicted molar refractivity (Wildman–Crippen MR) is 107 cm³/mol. The number of ether oxygens (including phenoxy) is 1. The van der Waals surface area contributed by atoms with E-state index in [1.165, 1.54) is 4.90 Å². The van der Waals surface area contributed by atoms with Gasteiger partial charge in [0, 0.05) is 33.7 Å². The highest BCUT2D eigenvalue weighted by atomic mass is 127. The van der Waals surface area contributed by atoms with Gasteiger partial charge in [0.1, 0.15) is 12.1 Å². The number of carbonyl (C=O) groups excluding carboxylic acids is 2. The molecule has 0 radical (unpaired) electrons. The number of amides is 2. The monoisotopic (exact) mass is 457 g/mol. The average molecular weight is 457 g/mol. The van der Waals surface area contributed by atoms with Gasteiger partial charge in [-0.1, -0.05) is 0 Å². The number of hydrogen-bond acceptors (Lipinski definition) is 4. The Morgan fingerprint density at radius 1 is 1.08 bits per heavy atom. The second kappa shape index (κ2) is 13.1. The molecule has 0 aromatic carbocycles. The Kier molecular flexibility index (Phi) is 13.6. The molecule has 0 heterocycles. The number of nitrogens with one attached hydrogen (secondary N) is 3. The van der Waals surface area contributed by atoms with Gasteiger partial charge in [-0.3, -0.25) is 4.79 Å². The van der Waals surface area contributed by atoms with Crippen molar-refractivity contribution in [1.82, 2.24) is 20.9 Å². The Bertz CT molecular complexity index is 408. The molecule has 24 heavy (non-hydrogen) atoms. The van der Waals surface area contributed by atoms with Gasteiger partial charge in [-0.2, -0.15) is 0 Å². The normalized spacial score (nSPS) is 11.2. The minimum atomic E-state index is -0.494. The van der Waals surface area contributed by atoms with E-state index in [4.69, 9.17) is 4.74 Å². The van der Waals surface area contributed by atoms with E-state index in [0.29, 0.717) is 32.0 Å². The molecule has 0 aliphatic rings. The molecule has 0 spiro atoms. The zero-order valence-corrected chi connectivity index (χ0v) is 17.9. The van der Waals surface area contributed by atoms with Crippen LogP contribution in [0.25, 0.3) is 0 Å². The molecule has 0 bridgehead atoms. The number of guanidine groups is 1. The van der Waals surface area contributed by atoms with Crippen molar-refractivity contribution in [3.05, 3.63) is 0 Å². The number of rotatable bonds is 7. The topological polar surface area (TPSA) is 95.1 Å². The van der Waals surface area contributed by atoms with Crippen LogP contribution in [0.4, 0.5) is 4.79 Å². The first-order valence-electron chi connectivity index (χ1n) is 7.85. The number of carbonyl (C=O) groups is 2. The van der Waals surface area contributed by atoms with E-state index < -0.39 is 11.7 Å². The third-order valence-corrected chi connectivity index (χ3v) is 2.53. The summed E-state index contributed by atoms with van der Waals surface area (Å²) < 4.78 is 5.14. The molecule has 142 valence electrons. The fourth-order valence-electron chi connectivity index (χ4n) is 1.43. The molecule has 9 heteroatoms. The number of alkyl carbamates (subject to hydrolysis) is 1. The van der Waals surface area contributed by atoms with Crippen molar-refractivity contribution in [2.24, 2.45) is 4.99 Å². The molecule has 0 unspecified atom stereocenters. The van der Waals surface area contributed by atoms with E-state index in [0.717, 1.165) is 0 Å². The number of nitrogens with zero attached hydrogens (tertiary/aromatic N) is 2. The first-order valence-corrected chi connectivity index (χ1v) is 7.85. The number of halogens is 1. The Morgan fingerprint density at radius 2 is 1.67 bits per heavy atom. The van der Waals surface area contributed by atoms with Crippen molar-refractivity contribution < 1.29 is 14.3 Å². The summed E-state index contributed by atoms with van der Waals surface area (Å²) in [5, 5.41) is 8.86. The molecule has 2 amide bonds. The maximum Gasteiger partial charge on any atom is 0.407 e. The Balaban J connectivity index is 0. The third-order valence-electron chi connectivity index (χ3n) is 2.53. The average Bonchev–Trinajstić information content (AvgIpc) is 2.41. The molecule has 0 rings (SSSR count). The lowest BCUT2D eigenvalue weighted by molar-refractivity contribution is -0.127. The third kappa shape index (κ3) is 14.3. The van der Waals surface area contributed by atoms with Gasteiger partial charge < -0.3 is 25.6 Å². The highest BCUT2D eigenvalue weighted by Crippen LogP contribution is 2.06. The summed E-state index contributed by atoms with van der Waals surface area (Å²) in [6, 6.07) is 0. The molecule has 0 aliphatic carbocycles. The van der Waals surface area contributed by atoms with Crippen LogP contribution in [0.3, 0.4) is 0 Å². The van der Waals surface area contributed by atoms with Crippen molar-refractivity contribution in [3.63, 3.8) is 0 Å². The molecular weight excluding hydrogens is 425 g/mol. The standard InChI is InChI=1S/C15H31N5O3.HI/c1-7-16-13(19-11-12(21)20(5)6)17-9-8-10-18-14(22)23-15(2,3)4;/h7-11H2,1-6H3,(H,18,22)(H2,16,17,19);1H. The maximum atomic E-state index is 11.5. The van der Waals surface area contributed by atoms with Crippen LogP contribution in [-0.2, 0) is 9.53 Å². The van der Waals surface area contributed by atoms with Gasteiger partial charge in [0.25, 0.3) is 0 Å². The molecule has 0 aromatic heterocycles. The number of likely N-dealkylation sites (N-methyl/N-ethyl adjacent to an activating group) is 1. The maximum absolute atomic E-state index is 11.5. The summed E-state index contributed by atoms with van der Waals surface area (Å²) in [6.07, 6.45) is 0.292. The number of hydrogen-bond donors (Lipinski definition) is 3. The van der Waals surface area contributed by atoms with Crippen LogP contribution in [0.1, 0.15) is 34.1 Å². The lowest BCUT2D eigenvalue weighted by Crippen LogP contribution is -2.40. The predicted octanol–water partition coefficient (Wildman–Crippen LogP) is 1.16. The van der Waals surface area contributed by atoms with Crippen molar-refractivity contribution in [2.45, 2.75) is 39.7 Å². The minimum absolute atomic E-state index is 0. The summed E-state index contributed by atoms with van der Waals surface area (Å²) in [6.45, 7) is 9.34. The van der Waals surface area contributed by atoms with Gasteiger partial charge in [-0.15, -0.1) is 24.0 Å². The van der Waals surface area contributed by atoms with Gasteiger partial charge >= 0.3 is 6.09 Å². The SMILES string of the molecule is CCNC(=NCC(=O)N(C)C)NCCCNC(=O)OC(C)(C)C.I. The van der Waals surface area contributed by atoms with E-state index in [1.54, 1.807) is 14.1 Å². The lowest BCUT2D eigenvalue weighted by atomic mass is 10.2. The largest absolute Gasteiger partial charge is 0.444 e. The van der Waals surface area contributed by atoms with Crippen molar-refractivity contribution in [3.8, 4) is 0 Å². The number of aliphatic imine (C=N–C) groups is 1. The van der Waals surface area contributed by atoms with Crippen LogP contribution in [0.2, 0.25) is 0 Å². The summed E-state index contributed by atoms with van der Waals surface area (Å²) in [5.74, 6) is 0.522. The molecule has 0 atom stereocenters.